The number of aromatic nitrogens is 2. The molecule has 8 heteroatoms. The van der Waals surface area contributed by atoms with Crippen molar-refractivity contribution in [2.75, 3.05) is 13.2 Å². The Morgan fingerprint density at radius 2 is 2.07 bits per heavy atom. The molecule has 2 aromatic heterocycles. The van der Waals surface area contributed by atoms with Crippen molar-refractivity contribution in [3.05, 3.63) is 59.6 Å². The fraction of sp³-hybridized carbons (Fsp3) is 0.250. The highest BCUT2D eigenvalue weighted by Crippen LogP contribution is 2.27. The second kappa shape index (κ2) is 8.05. The lowest BCUT2D eigenvalue weighted by Crippen LogP contribution is -2.33. The summed E-state index contributed by atoms with van der Waals surface area (Å²) in [5, 5.41) is 10.8. The lowest BCUT2D eigenvalue weighted by molar-refractivity contribution is -0.159. The number of amides is 1. The zero-order valence-electron chi connectivity index (χ0n) is 15.4. The lowest BCUT2D eigenvalue weighted by Gasteiger charge is -2.20. The Morgan fingerprint density at radius 1 is 1.29 bits per heavy atom. The highest BCUT2D eigenvalue weighted by atomic mass is 32.1. The van der Waals surface area contributed by atoms with Crippen LogP contribution in [0.1, 0.15) is 18.9 Å². The molecule has 3 aromatic rings. The molecule has 4 rings (SSSR count). The number of thiophene rings is 1. The first kappa shape index (κ1) is 18.5. The molecule has 0 radical (unpaired) electrons. The number of rotatable bonds is 6. The van der Waals surface area contributed by atoms with E-state index in [1.165, 1.54) is 0 Å². The fourth-order valence-corrected chi connectivity index (χ4v) is 3.69. The zero-order valence-corrected chi connectivity index (χ0v) is 16.2. The van der Waals surface area contributed by atoms with E-state index in [-0.39, 0.29) is 12.3 Å². The van der Waals surface area contributed by atoms with E-state index in [1.54, 1.807) is 29.2 Å². The molecule has 1 aliphatic rings. The van der Waals surface area contributed by atoms with Gasteiger partial charge >= 0.3 is 0 Å². The number of nitrogens with one attached hydrogen (secondary N) is 1. The first-order valence-corrected chi connectivity index (χ1v) is 9.80. The lowest BCUT2D eigenvalue weighted by atomic mass is 10.2. The first-order valence-electron chi connectivity index (χ1n) is 8.92. The molecule has 144 valence electrons. The van der Waals surface area contributed by atoms with E-state index in [1.807, 2.05) is 54.0 Å². The predicted octanol–water partition coefficient (Wildman–Crippen LogP) is 3.20. The van der Waals surface area contributed by atoms with Crippen LogP contribution in [-0.4, -0.2) is 40.9 Å². The molecule has 0 saturated carbocycles. The number of hydrogen-bond donors (Lipinski definition) is 1. The molecular formula is C20H20N4O3S. The molecular weight excluding hydrogens is 376 g/mol. The summed E-state index contributed by atoms with van der Waals surface area (Å²) >= 11 is 1.60. The molecule has 1 fully saturated rings. The second-order valence-corrected chi connectivity index (χ2v) is 7.44. The minimum atomic E-state index is -0.875. The van der Waals surface area contributed by atoms with Crippen LogP contribution >= 0.6 is 11.3 Å². The molecule has 3 heterocycles. The van der Waals surface area contributed by atoms with Crippen LogP contribution in [0, 0.1) is 0 Å². The van der Waals surface area contributed by atoms with Crippen LogP contribution in [0.25, 0.3) is 16.3 Å². The van der Waals surface area contributed by atoms with Crippen molar-refractivity contribution in [3.8, 4) is 16.3 Å². The van der Waals surface area contributed by atoms with E-state index in [2.05, 4.69) is 10.5 Å². The van der Waals surface area contributed by atoms with Crippen molar-refractivity contribution in [1.29, 1.82) is 0 Å². The van der Waals surface area contributed by atoms with Gasteiger partial charge in [0.2, 0.25) is 5.91 Å². The normalized spacial score (nSPS) is 15.9. The Balaban J connectivity index is 1.52. The summed E-state index contributed by atoms with van der Waals surface area (Å²) in [5.74, 6) is -1.14. The Hall–Kier alpha value is -2.81. The van der Waals surface area contributed by atoms with Crippen molar-refractivity contribution in [1.82, 2.24) is 15.2 Å². The SMILES string of the molecule is CC1(CC(=O)N/N=C/c2cn(-c3ccccc3)nc2-c2cccs2)OCCO1. The van der Waals surface area contributed by atoms with Crippen LogP contribution in [0.3, 0.4) is 0 Å². The number of hydrogen-bond acceptors (Lipinski definition) is 6. The number of para-hydroxylation sites is 1. The molecule has 0 unspecified atom stereocenters. The van der Waals surface area contributed by atoms with Crippen LogP contribution in [0.2, 0.25) is 0 Å². The molecule has 28 heavy (non-hydrogen) atoms. The number of carbonyl (C=O) groups is 1. The Morgan fingerprint density at radius 3 is 2.79 bits per heavy atom. The Kier molecular flexibility index (Phi) is 5.34. The summed E-state index contributed by atoms with van der Waals surface area (Å²) in [6.07, 6.45) is 3.59. The van der Waals surface area contributed by atoms with Gasteiger partial charge in [0.25, 0.3) is 0 Å². The van der Waals surface area contributed by atoms with E-state index in [9.17, 15) is 4.79 Å². The van der Waals surface area contributed by atoms with E-state index >= 15 is 0 Å². The largest absolute Gasteiger partial charge is 0.347 e. The average Bonchev–Trinajstić information content (AvgIpc) is 3.43. The summed E-state index contributed by atoms with van der Waals surface area (Å²) in [6.45, 7) is 2.74. The van der Waals surface area contributed by atoms with Gasteiger partial charge < -0.3 is 9.47 Å². The van der Waals surface area contributed by atoms with Gasteiger partial charge in [-0.05, 0) is 30.5 Å². The summed E-state index contributed by atoms with van der Waals surface area (Å²) in [7, 11) is 0. The maximum Gasteiger partial charge on any atom is 0.245 e. The number of ether oxygens (including phenoxy) is 2. The number of nitrogens with zero attached hydrogens (tertiary/aromatic N) is 3. The number of carbonyl (C=O) groups excluding carboxylic acids is 1. The quantitative estimate of drug-likeness (QED) is 0.513. The van der Waals surface area contributed by atoms with E-state index in [0.29, 0.717) is 13.2 Å². The number of benzene rings is 1. The van der Waals surface area contributed by atoms with Crippen LogP contribution < -0.4 is 5.43 Å². The third-order valence-corrected chi connectivity index (χ3v) is 5.17. The highest BCUT2D eigenvalue weighted by molar-refractivity contribution is 7.13. The molecule has 1 amide bonds. The van der Waals surface area contributed by atoms with Gasteiger partial charge in [0.1, 0.15) is 5.69 Å². The van der Waals surface area contributed by atoms with Gasteiger partial charge in [0.05, 0.1) is 36.4 Å². The summed E-state index contributed by atoms with van der Waals surface area (Å²) in [4.78, 5) is 13.2. The Bertz CT molecular complexity index is 961. The Labute approximate surface area is 166 Å². The highest BCUT2D eigenvalue weighted by Gasteiger charge is 2.33. The van der Waals surface area contributed by atoms with Gasteiger partial charge in [-0.25, -0.2) is 10.1 Å². The van der Waals surface area contributed by atoms with Crippen LogP contribution in [0.4, 0.5) is 0 Å². The molecule has 0 aliphatic carbocycles. The molecule has 0 bridgehead atoms. The minimum Gasteiger partial charge on any atom is -0.347 e. The van der Waals surface area contributed by atoms with Crippen molar-refractivity contribution in [2.45, 2.75) is 19.1 Å². The van der Waals surface area contributed by atoms with E-state index in [0.717, 1.165) is 21.8 Å². The second-order valence-electron chi connectivity index (χ2n) is 6.49. The molecule has 1 aliphatic heterocycles. The van der Waals surface area contributed by atoms with Crippen molar-refractivity contribution in [3.63, 3.8) is 0 Å². The molecule has 0 spiro atoms. The monoisotopic (exact) mass is 396 g/mol. The molecule has 7 nitrogen and oxygen atoms in total. The van der Waals surface area contributed by atoms with Crippen molar-refractivity contribution < 1.29 is 14.3 Å². The smallest absolute Gasteiger partial charge is 0.245 e. The maximum absolute atomic E-state index is 12.1. The third kappa shape index (κ3) is 4.19. The molecule has 1 aromatic carbocycles. The third-order valence-electron chi connectivity index (χ3n) is 4.29. The zero-order chi connectivity index (χ0) is 19.4. The molecule has 1 N–H and O–H groups in total. The van der Waals surface area contributed by atoms with Crippen LogP contribution in [0.5, 0.6) is 0 Å². The van der Waals surface area contributed by atoms with Crippen LogP contribution in [-0.2, 0) is 14.3 Å². The average molecular weight is 396 g/mol. The first-order chi connectivity index (χ1) is 13.6. The van der Waals surface area contributed by atoms with Gasteiger partial charge in [-0.3, -0.25) is 4.79 Å². The fourth-order valence-electron chi connectivity index (χ4n) is 2.96. The summed E-state index contributed by atoms with van der Waals surface area (Å²) in [6, 6.07) is 13.8. The van der Waals surface area contributed by atoms with Gasteiger partial charge in [0, 0.05) is 11.8 Å². The van der Waals surface area contributed by atoms with Gasteiger partial charge in [-0.15, -0.1) is 11.3 Å². The van der Waals surface area contributed by atoms with Crippen LogP contribution in [0.15, 0.2) is 59.1 Å². The van der Waals surface area contributed by atoms with Crippen molar-refractivity contribution >= 4 is 23.5 Å². The van der Waals surface area contributed by atoms with E-state index < -0.39 is 5.79 Å². The minimum absolute atomic E-state index is 0.0887. The van der Waals surface area contributed by atoms with Gasteiger partial charge in [-0.2, -0.15) is 10.2 Å². The number of hydrazone groups is 1. The summed E-state index contributed by atoms with van der Waals surface area (Å²) < 4.78 is 12.7. The predicted molar refractivity (Wildman–Crippen MR) is 108 cm³/mol. The maximum atomic E-state index is 12.1. The van der Waals surface area contributed by atoms with Crippen molar-refractivity contribution in [2.24, 2.45) is 5.10 Å². The summed E-state index contributed by atoms with van der Waals surface area (Å²) in [5.41, 5.74) is 5.12. The molecule has 0 atom stereocenters. The topological polar surface area (TPSA) is 77.7 Å². The van der Waals surface area contributed by atoms with E-state index in [4.69, 9.17) is 14.6 Å². The standard InChI is InChI=1S/C20H20N4O3S/c1-20(26-9-10-27-20)12-18(25)22-21-13-15-14-24(16-6-3-2-4-7-16)23-19(15)17-8-5-11-28-17/h2-8,11,13-14H,9-10,12H2,1H3,(H,22,25)/b21-13+. The van der Waals surface area contributed by atoms with Gasteiger partial charge in [0.15, 0.2) is 5.79 Å². The molecule has 1 saturated heterocycles. The van der Waals surface area contributed by atoms with Gasteiger partial charge in [-0.1, -0.05) is 24.3 Å².